The van der Waals surface area contributed by atoms with Crippen LogP contribution in [0.15, 0.2) is 18.2 Å². The van der Waals surface area contributed by atoms with Crippen molar-refractivity contribution in [2.75, 3.05) is 18.4 Å². The third-order valence-corrected chi connectivity index (χ3v) is 4.22. The lowest BCUT2D eigenvalue weighted by Crippen LogP contribution is -2.27. The zero-order valence-electron chi connectivity index (χ0n) is 9.63. The number of nitrogens with one attached hydrogen (secondary N) is 1. The van der Waals surface area contributed by atoms with Crippen molar-refractivity contribution >= 4 is 28.9 Å². The highest BCUT2D eigenvalue weighted by Gasteiger charge is 2.34. The molecule has 92 valence electrons. The van der Waals surface area contributed by atoms with Gasteiger partial charge in [0.15, 0.2) is 0 Å². The highest BCUT2D eigenvalue weighted by atomic mass is 35.5. The minimum Gasteiger partial charge on any atom is -0.379 e. The average Bonchev–Trinajstić information content (AvgIpc) is 3.05. The molecule has 0 spiro atoms. The number of halogens is 2. The van der Waals surface area contributed by atoms with Crippen LogP contribution in [-0.4, -0.2) is 30.1 Å². The number of hydrogen-bond donors (Lipinski definition) is 1. The molecule has 1 unspecified atom stereocenters. The Labute approximate surface area is 112 Å². The molecule has 1 aromatic carbocycles. The maximum Gasteiger partial charge on any atom is 0.0721 e. The van der Waals surface area contributed by atoms with Crippen LogP contribution in [0, 0.1) is 0 Å². The largest absolute Gasteiger partial charge is 0.379 e. The molecule has 1 N–H and O–H groups in total. The van der Waals surface area contributed by atoms with Crippen LogP contribution in [0.1, 0.15) is 19.3 Å². The van der Waals surface area contributed by atoms with Gasteiger partial charge in [-0.25, -0.2) is 0 Å². The van der Waals surface area contributed by atoms with E-state index < -0.39 is 0 Å². The van der Waals surface area contributed by atoms with E-state index in [9.17, 15) is 0 Å². The average molecular weight is 271 g/mol. The Morgan fingerprint density at radius 2 is 1.82 bits per heavy atom. The Hall–Kier alpha value is -0.440. The number of nitrogens with zero attached hydrogens (tertiary/aromatic N) is 1. The lowest BCUT2D eigenvalue weighted by molar-refractivity contribution is 0.326. The van der Waals surface area contributed by atoms with Crippen LogP contribution >= 0.6 is 23.2 Å². The van der Waals surface area contributed by atoms with Gasteiger partial charge in [0.2, 0.25) is 0 Å². The lowest BCUT2D eigenvalue weighted by atomic mass is 10.2. The fraction of sp³-hybridized carbons (Fsp3) is 0.538. The van der Waals surface area contributed by atoms with Gasteiger partial charge in [0.25, 0.3) is 0 Å². The molecule has 2 fully saturated rings. The van der Waals surface area contributed by atoms with Crippen molar-refractivity contribution in [2.45, 2.75) is 31.3 Å². The second-order valence-corrected chi connectivity index (χ2v) is 5.77. The first-order valence-corrected chi connectivity index (χ1v) is 6.94. The van der Waals surface area contributed by atoms with Gasteiger partial charge >= 0.3 is 0 Å². The van der Waals surface area contributed by atoms with E-state index in [1.54, 1.807) is 0 Å². The molecule has 1 heterocycles. The Morgan fingerprint density at radius 1 is 1.12 bits per heavy atom. The summed E-state index contributed by atoms with van der Waals surface area (Å²) >= 11 is 12.3. The Kier molecular flexibility index (Phi) is 3.20. The number of para-hydroxylation sites is 1. The molecule has 1 aliphatic heterocycles. The van der Waals surface area contributed by atoms with E-state index in [1.165, 1.54) is 25.8 Å². The Bertz CT molecular complexity index is 398. The minimum atomic E-state index is 0.480. The summed E-state index contributed by atoms with van der Waals surface area (Å²) in [6, 6.07) is 6.96. The topological polar surface area (TPSA) is 15.3 Å². The van der Waals surface area contributed by atoms with Gasteiger partial charge in [0.1, 0.15) is 0 Å². The van der Waals surface area contributed by atoms with E-state index in [-0.39, 0.29) is 0 Å². The molecule has 1 atom stereocenters. The predicted octanol–water partition coefficient (Wildman–Crippen LogP) is 3.64. The Morgan fingerprint density at radius 3 is 2.47 bits per heavy atom. The first kappa shape index (κ1) is 11.6. The minimum absolute atomic E-state index is 0.480. The summed E-state index contributed by atoms with van der Waals surface area (Å²) in [6.45, 7) is 2.32. The van der Waals surface area contributed by atoms with Crippen molar-refractivity contribution in [3.63, 3.8) is 0 Å². The van der Waals surface area contributed by atoms with E-state index in [1.807, 2.05) is 18.2 Å². The van der Waals surface area contributed by atoms with Gasteiger partial charge in [-0.1, -0.05) is 29.3 Å². The fourth-order valence-corrected chi connectivity index (χ4v) is 3.02. The lowest BCUT2D eigenvalue weighted by Gasteiger charge is -2.18. The standard InChI is InChI=1S/C13H16Cl2N2/c14-11-2-1-3-12(15)13(11)16-9-6-7-17(8-9)10-4-5-10/h1-3,9-10,16H,4-8H2. The van der Waals surface area contributed by atoms with Crippen LogP contribution in [0.2, 0.25) is 10.0 Å². The molecule has 0 amide bonds. The molecule has 1 saturated carbocycles. The van der Waals surface area contributed by atoms with E-state index >= 15 is 0 Å². The normalized spacial score (nSPS) is 25.2. The molecule has 2 nitrogen and oxygen atoms in total. The summed E-state index contributed by atoms with van der Waals surface area (Å²) in [5.41, 5.74) is 0.887. The second kappa shape index (κ2) is 4.68. The van der Waals surface area contributed by atoms with Gasteiger partial charge in [0.05, 0.1) is 15.7 Å². The van der Waals surface area contributed by atoms with E-state index in [4.69, 9.17) is 23.2 Å². The van der Waals surface area contributed by atoms with Crippen molar-refractivity contribution in [1.29, 1.82) is 0 Å². The number of rotatable bonds is 3. The number of benzene rings is 1. The van der Waals surface area contributed by atoms with Crippen LogP contribution < -0.4 is 5.32 Å². The van der Waals surface area contributed by atoms with Gasteiger partial charge in [-0.3, -0.25) is 4.90 Å². The van der Waals surface area contributed by atoms with Gasteiger partial charge in [-0.2, -0.15) is 0 Å². The SMILES string of the molecule is Clc1cccc(Cl)c1NC1CCN(C2CC2)C1. The molecular formula is C13H16Cl2N2. The first-order valence-electron chi connectivity index (χ1n) is 6.18. The summed E-state index contributed by atoms with van der Waals surface area (Å²) in [5.74, 6) is 0. The van der Waals surface area contributed by atoms with Crippen molar-refractivity contribution in [3.05, 3.63) is 28.2 Å². The molecule has 1 aromatic rings. The number of hydrogen-bond acceptors (Lipinski definition) is 2. The number of likely N-dealkylation sites (tertiary alicyclic amines) is 1. The van der Waals surface area contributed by atoms with Crippen LogP contribution in [0.5, 0.6) is 0 Å². The molecule has 3 rings (SSSR count). The van der Waals surface area contributed by atoms with Gasteiger partial charge in [-0.15, -0.1) is 0 Å². The van der Waals surface area contributed by atoms with Crippen LogP contribution in [0.25, 0.3) is 0 Å². The molecule has 0 aromatic heterocycles. The highest BCUT2D eigenvalue weighted by molar-refractivity contribution is 6.39. The second-order valence-electron chi connectivity index (χ2n) is 4.95. The van der Waals surface area contributed by atoms with E-state index in [0.717, 1.165) is 18.3 Å². The summed E-state index contributed by atoms with van der Waals surface area (Å²) in [4.78, 5) is 2.57. The van der Waals surface area contributed by atoms with Gasteiger partial charge in [0, 0.05) is 25.2 Å². The van der Waals surface area contributed by atoms with E-state index in [2.05, 4.69) is 10.2 Å². The molecule has 4 heteroatoms. The maximum atomic E-state index is 6.16. The van der Waals surface area contributed by atoms with Crippen molar-refractivity contribution in [2.24, 2.45) is 0 Å². The van der Waals surface area contributed by atoms with Gasteiger partial charge < -0.3 is 5.32 Å². The quantitative estimate of drug-likeness (QED) is 0.902. The van der Waals surface area contributed by atoms with Crippen LogP contribution in [0.4, 0.5) is 5.69 Å². The maximum absolute atomic E-state index is 6.16. The van der Waals surface area contributed by atoms with Crippen molar-refractivity contribution < 1.29 is 0 Å². The third kappa shape index (κ3) is 2.54. The zero-order chi connectivity index (χ0) is 11.8. The summed E-state index contributed by atoms with van der Waals surface area (Å²) in [6.07, 6.45) is 3.93. The molecule has 1 aliphatic carbocycles. The molecular weight excluding hydrogens is 255 g/mol. The summed E-state index contributed by atoms with van der Waals surface area (Å²) < 4.78 is 0. The van der Waals surface area contributed by atoms with Crippen LogP contribution in [0.3, 0.4) is 0 Å². The summed E-state index contributed by atoms with van der Waals surface area (Å²) in [5, 5.41) is 4.91. The number of anilines is 1. The van der Waals surface area contributed by atoms with Gasteiger partial charge in [-0.05, 0) is 31.4 Å². The molecule has 17 heavy (non-hydrogen) atoms. The monoisotopic (exact) mass is 270 g/mol. The smallest absolute Gasteiger partial charge is 0.0721 e. The van der Waals surface area contributed by atoms with Crippen molar-refractivity contribution in [1.82, 2.24) is 4.90 Å². The molecule has 0 bridgehead atoms. The van der Waals surface area contributed by atoms with E-state index in [0.29, 0.717) is 16.1 Å². The Balaban J connectivity index is 1.67. The highest BCUT2D eigenvalue weighted by Crippen LogP contribution is 2.34. The zero-order valence-corrected chi connectivity index (χ0v) is 11.1. The van der Waals surface area contributed by atoms with Crippen molar-refractivity contribution in [3.8, 4) is 0 Å². The fourth-order valence-electron chi connectivity index (χ4n) is 2.52. The predicted molar refractivity (Wildman–Crippen MR) is 73.1 cm³/mol. The first-order chi connectivity index (χ1) is 8.24. The summed E-state index contributed by atoms with van der Waals surface area (Å²) in [7, 11) is 0. The molecule has 0 radical (unpaired) electrons. The molecule has 2 aliphatic rings. The molecule has 1 saturated heterocycles. The van der Waals surface area contributed by atoms with Crippen LogP contribution in [-0.2, 0) is 0 Å². The third-order valence-electron chi connectivity index (χ3n) is 3.59.